The van der Waals surface area contributed by atoms with E-state index in [1.807, 2.05) is 0 Å². The van der Waals surface area contributed by atoms with Gasteiger partial charge < -0.3 is 24.2 Å². The maximum atomic E-state index is 13.0. The zero-order chi connectivity index (χ0) is 21.1. The van der Waals surface area contributed by atoms with Crippen LogP contribution >= 0.6 is 0 Å². The van der Waals surface area contributed by atoms with Crippen LogP contribution in [0.3, 0.4) is 0 Å². The minimum Gasteiger partial charge on any atom is -0.508 e. The Morgan fingerprint density at radius 3 is 2.47 bits per heavy atom. The predicted molar refractivity (Wildman–Crippen MR) is 106 cm³/mol. The molecule has 1 N–H and O–H groups in total. The number of phenolic OH excluding ortho intramolecular Hbond substituents is 1. The first kappa shape index (κ1) is 20.3. The molecule has 0 bridgehead atoms. The Kier molecular flexibility index (Phi) is 5.69. The number of carbonyl (C=O) groups excluding carboxylic acids is 1. The number of nitrogens with zero attached hydrogens (tertiary/aromatic N) is 2. The van der Waals surface area contributed by atoms with E-state index in [-0.39, 0.29) is 49.3 Å². The summed E-state index contributed by atoms with van der Waals surface area (Å²) in [6.07, 6.45) is 0. The maximum Gasteiger partial charge on any atom is 0.260 e. The number of ether oxygens (including phenoxy) is 3. The van der Waals surface area contributed by atoms with Crippen molar-refractivity contribution in [2.24, 2.45) is 0 Å². The van der Waals surface area contributed by atoms with E-state index in [0.717, 1.165) is 0 Å². The number of sulfonamides is 1. The molecule has 0 aromatic heterocycles. The molecule has 2 aromatic carbocycles. The van der Waals surface area contributed by atoms with Crippen LogP contribution in [-0.2, 0) is 14.8 Å². The van der Waals surface area contributed by atoms with Crippen LogP contribution in [0.5, 0.6) is 23.0 Å². The monoisotopic (exact) mass is 434 g/mol. The van der Waals surface area contributed by atoms with Crippen molar-refractivity contribution in [2.45, 2.75) is 4.90 Å². The van der Waals surface area contributed by atoms with Gasteiger partial charge in [-0.05, 0) is 24.3 Å². The number of benzene rings is 2. The number of fused-ring (bicyclic) bond motifs is 1. The number of hydrogen-bond acceptors (Lipinski definition) is 7. The van der Waals surface area contributed by atoms with Crippen LogP contribution in [0.25, 0.3) is 0 Å². The van der Waals surface area contributed by atoms with Gasteiger partial charge in [0.1, 0.15) is 24.7 Å². The van der Waals surface area contributed by atoms with Gasteiger partial charge in [0, 0.05) is 38.3 Å². The molecule has 1 saturated heterocycles. The van der Waals surface area contributed by atoms with Gasteiger partial charge in [-0.2, -0.15) is 4.31 Å². The van der Waals surface area contributed by atoms with Crippen molar-refractivity contribution < 1.29 is 32.5 Å². The predicted octanol–water partition coefficient (Wildman–Crippen LogP) is 1.08. The molecular weight excluding hydrogens is 412 g/mol. The number of rotatable bonds is 5. The van der Waals surface area contributed by atoms with Crippen LogP contribution in [0, 0.1) is 0 Å². The Balaban J connectivity index is 1.35. The molecule has 0 aliphatic carbocycles. The zero-order valence-corrected chi connectivity index (χ0v) is 17.0. The molecule has 0 atom stereocenters. The largest absolute Gasteiger partial charge is 0.508 e. The van der Waals surface area contributed by atoms with Crippen molar-refractivity contribution in [1.29, 1.82) is 0 Å². The fraction of sp³-hybridized carbons (Fsp3) is 0.350. The van der Waals surface area contributed by atoms with E-state index in [2.05, 4.69) is 0 Å². The molecule has 1 amide bonds. The molecule has 10 heteroatoms. The summed E-state index contributed by atoms with van der Waals surface area (Å²) >= 11 is 0. The first-order valence-corrected chi connectivity index (χ1v) is 11.0. The standard InChI is InChI=1S/C20H22N2O7S/c23-15-2-1-3-16(12-15)29-14-20(24)21-6-8-22(9-7-21)30(25,26)17-4-5-18-19(13-17)28-11-10-27-18/h1-5,12-13,23H,6-11,14H2. The van der Waals surface area contributed by atoms with Crippen molar-refractivity contribution in [2.75, 3.05) is 46.0 Å². The van der Waals surface area contributed by atoms with E-state index < -0.39 is 10.0 Å². The quantitative estimate of drug-likeness (QED) is 0.751. The molecule has 0 spiro atoms. The number of amides is 1. The van der Waals surface area contributed by atoms with Gasteiger partial charge in [-0.25, -0.2) is 8.42 Å². The highest BCUT2D eigenvalue weighted by Crippen LogP contribution is 2.33. The Morgan fingerprint density at radius 1 is 1.00 bits per heavy atom. The molecule has 30 heavy (non-hydrogen) atoms. The highest BCUT2D eigenvalue weighted by molar-refractivity contribution is 7.89. The summed E-state index contributed by atoms with van der Waals surface area (Å²) < 4.78 is 43.6. The molecule has 9 nitrogen and oxygen atoms in total. The van der Waals surface area contributed by atoms with Gasteiger partial charge in [0.05, 0.1) is 4.90 Å². The molecule has 2 heterocycles. The van der Waals surface area contributed by atoms with Crippen LogP contribution in [0.15, 0.2) is 47.4 Å². The average molecular weight is 434 g/mol. The number of aromatic hydroxyl groups is 1. The van der Waals surface area contributed by atoms with E-state index in [1.54, 1.807) is 23.1 Å². The number of phenols is 1. The van der Waals surface area contributed by atoms with Crippen molar-refractivity contribution in [3.63, 3.8) is 0 Å². The lowest BCUT2D eigenvalue weighted by Gasteiger charge is -2.34. The van der Waals surface area contributed by atoms with E-state index in [4.69, 9.17) is 14.2 Å². The van der Waals surface area contributed by atoms with Gasteiger partial charge in [0.25, 0.3) is 5.91 Å². The Labute approximate surface area is 174 Å². The van der Waals surface area contributed by atoms with Crippen molar-refractivity contribution in [3.8, 4) is 23.0 Å². The summed E-state index contributed by atoms with van der Waals surface area (Å²) in [5.41, 5.74) is 0. The van der Waals surface area contributed by atoms with Crippen molar-refractivity contribution in [1.82, 2.24) is 9.21 Å². The normalized spacial score (nSPS) is 16.9. The topological polar surface area (TPSA) is 106 Å². The summed E-state index contributed by atoms with van der Waals surface area (Å²) in [4.78, 5) is 14.1. The van der Waals surface area contributed by atoms with Gasteiger partial charge in [-0.3, -0.25) is 4.79 Å². The third-order valence-corrected chi connectivity index (χ3v) is 6.82. The van der Waals surface area contributed by atoms with Gasteiger partial charge in [-0.15, -0.1) is 0 Å². The molecule has 4 rings (SSSR count). The summed E-state index contributed by atoms with van der Waals surface area (Å²) in [6, 6.07) is 10.8. The second kappa shape index (κ2) is 8.41. The number of carbonyl (C=O) groups is 1. The zero-order valence-electron chi connectivity index (χ0n) is 16.2. The molecule has 2 aromatic rings. The maximum absolute atomic E-state index is 13.0. The van der Waals surface area contributed by atoms with Crippen LogP contribution < -0.4 is 14.2 Å². The van der Waals surface area contributed by atoms with Crippen LogP contribution in [-0.4, -0.2) is 74.6 Å². The molecule has 1 fully saturated rings. The molecule has 0 radical (unpaired) electrons. The van der Waals surface area contributed by atoms with Gasteiger partial charge in [-0.1, -0.05) is 6.07 Å². The summed E-state index contributed by atoms with van der Waals surface area (Å²) in [5.74, 6) is 1.15. The Bertz CT molecular complexity index is 1030. The third kappa shape index (κ3) is 4.29. The van der Waals surface area contributed by atoms with Crippen LogP contribution in [0.1, 0.15) is 0 Å². The summed E-state index contributed by atoms with van der Waals surface area (Å²) in [5, 5.41) is 9.44. The first-order valence-electron chi connectivity index (χ1n) is 9.53. The highest BCUT2D eigenvalue weighted by Gasteiger charge is 2.31. The van der Waals surface area contributed by atoms with Crippen molar-refractivity contribution in [3.05, 3.63) is 42.5 Å². The van der Waals surface area contributed by atoms with E-state index in [9.17, 15) is 18.3 Å². The van der Waals surface area contributed by atoms with Crippen LogP contribution in [0.2, 0.25) is 0 Å². The smallest absolute Gasteiger partial charge is 0.260 e. The highest BCUT2D eigenvalue weighted by atomic mass is 32.2. The van der Waals surface area contributed by atoms with Crippen molar-refractivity contribution >= 4 is 15.9 Å². The lowest BCUT2D eigenvalue weighted by atomic mass is 10.3. The minimum atomic E-state index is -3.70. The SMILES string of the molecule is O=C(COc1cccc(O)c1)N1CCN(S(=O)(=O)c2ccc3c(c2)OCCO3)CC1. The second-order valence-corrected chi connectivity index (χ2v) is 8.81. The van der Waals surface area contributed by atoms with Gasteiger partial charge in [0.2, 0.25) is 10.0 Å². The molecule has 0 saturated carbocycles. The first-order chi connectivity index (χ1) is 14.4. The molecular formula is C20H22N2O7S. The molecule has 2 aliphatic rings. The third-order valence-electron chi connectivity index (χ3n) is 4.92. The van der Waals surface area contributed by atoms with E-state index in [0.29, 0.717) is 30.5 Å². The van der Waals surface area contributed by atoms with Crippen LogP contribution in [0.4, 0.5) is 0 Å². The van der Waals surface area contributed by atoms with Gasteiger partial charge >= 0.3 is 0 Å². The Morgan fingerprint density at radius 2 is 1.73 bits per heavy atom. The van der Waals surface area contributed by atoms with E-state index in [1.165, 1.54) is 28.6 Å². The summed E-state index contributed by atoms with van der Waals surface area (Å²) in [6.45, 7) is 1.55. The number of hydrogen-bond donors (Lipinski definition) is 1. The van der Waals surface area contributed by atoms with E-state index >= 15 is 0 Å². The number of piperazine rings is 1. The minimum absolute atomic E-state index is 0.0536. The lowest BCUT2D eigenvalue weighted by Crippen LogP contribution is -2.51. The summed E-state index contributed by atoms with van der Waals surface area (Å²) in [7, 11) is -3.70. The fourth-order valence-electron chi connectivity index (χ4n) is 3.32. The fourth-order valence-corrected chi connectivity index (χ4v) is 4.76. The lowest BCUT2D eigenvalue weighted by molar-refractivity contribution is -0.134. The average Bonchev–Trinajstić information content (AvgIpc) is 2.77. The molecule has 2 aliphatic heterocycles. The Hall–Kier alpha value is -2.98. The van der Waals surface area contributed by atoms with Gasteiger partial charge in [0.15, 0.2) is 18.1 Å². The molecule has 160 valence electrons. The molecule has 0 unspecified atom stereocenters. The second-order valence-electron chi connectivity index (χ2n) is 6.88.